The number of nitrogens with two attached hydrogens (primary N) is 1. The van der Waals surface area contributed by atoms with Gasteiger partial charge in [0.1, 0.15) is 5.82 Å². The van der Waals surface area contributed by atoms with Crippen molar-refractivity contribution in [3.63, 3.8) is 0 Å². The van der Waals surface area contributed by atoms with E-state index in [9.17, 15) is 0 Å². The summed E-state index contributed by atoms with van der Waals surface area (Å²) in [6.07, 6.45) is 6.61. The van der Waals surface area contributed by atoms with Gasteiger partial charge in [-0.2, -0.15) is 0 Å². The first-order valence-electron chi connectivity index (χ1n) is 7.02. The second-order valence-corrected chi connectivity index (χ2v) is 5.84. The number of hydrogen-bond acceptors (Lipinski definition) is 3. The van der Waals surface area contributed by atoms with Gasteiger partial charge < -0.3 is 11.1 Å². The van der Waals surface area contributed by atoms with Gasteiger partial charge in [0, 0.05) is 17.8 Å². The summed E-state index contributed by atoms with van der Waals surface area (Å²) in [5.74, 6) is 0.716. The van der Waals surface area contributed by atoms with E-state index in [1.165, 1.54) is 36.8 Å². The van der Waals surface area contributed by atoms with Crippen molar-refractivity contribution in [2.24, 2.45) is 0 Å². The van der Waals surface area contributed by atoms with Crippen LogP contribution >= 0.6 is 0 Å². The van der Waals surface area contributed by atoms with Crippen LogP contribution in [0.15, 0.2) is 12.3 Å². The molecule has 100 valence electrons. The van der Waals surface area contributed by atoms with Gasteiger partial charge in [-0.1, -0.05) is 13.8 Å². The van der Waals surface area contributed by atoms with Crippen molar-refractivity contribution >= 4 is 5.82 Å². The van der Waals surface area contributed by atoms with Crippen LogP contribution in [0.1, 0.15) is 50.7 Å². The summed E-state index contributed by atoms with van der Waals surface area (Å²) in [6.45, 7) is 7.80. The summed E-state index contributed by atoms with van der Waals surface area (Å²) in [6, 6.07) is 2.71. The normalized spacial score (nSPS) is 27.6. The molecule has 0 bridgehead atoms. The molecule has 0 aliphatic heterocycles. The molecule has 3 nitrogen and oxygen atoms in total. The Hall–Kier alpha value is -1.09. The maximum Gasteiger partial charge on any atom is 0.127 e. The Morgan fingerprint density at radius 3 is 3.00 bits per heavy atom. The first-order valence-corrected chi connectivity index (χ1v) is 7.02. The molecule has 18 heavy (non-hydrogen) atoms. The highest BCUT2D eigenvalue weighted by Gasteiger charge is 2.38. The fourth-order valence-electron chi connectivity index (χ4n) is 3.35. The van der Waals surface area contributed by atoms with Gasteiger partial charge in [-0.05, 0) is 56.2 Å². The fourth-order valence-corrected chi connectivity index (χ4v) is 3.35. The van der Waals surface area contributed by atoms with Crippen molar-refractivity contribution in [3.8, 4) is 0 Å². The third-order valence-electron chi connectivity index (χ3n) is 4.22. The largest absolute Gasteiger partial charge is 0.383 e. The van der Waals surface area contributed by atoms with Crippen LogP contribution in [0.25, 0.3) is 0 Å². The summed E-state index contributed by atoms with van der Waals surface area (Å²) >= 11 is 0. The molecule has 1 saturated carbocycles. The van der Waals surface area contributed by atoms with Crippen LogP contribution in [-0.2, 0) is 5.41 Å². The highest BCUT2D eigenvalue weighted by atomic mass is 14.9. The summed E-state index contributed by atoms with van der Waals surface area (Å²) < 4.78 is 0. The predicted molar refractivity (Wildman–Crippen MR) is 76.7 cm³/mol. The Bertz CT molecular complexity index is 396. The van der Waals surface area contributed by atoms with E-state index in [0.29, 0.717) is 11.9 Å². The van der Waals surface area contributed by atoms with E-state index in [1.54, 1.807) is 6.20 Å². The van der Waals surface area contributed by atoms with E-state index in [0.717, 1.165) is 6.54 Å². The average molecular weight is 247 g/mol. The monoisotopic (exact) mass is 247 g/mol. The van der Waals surface area contributed by atoms with Crippen LogP contribution in [0.5, 0.6) is 0 Å². The Labute approximate surface area is 110 Å². The summed E-state index contributed by atoms with van der Waals surface area (Å²) in [5, 5.41) is 3.63. The third-order valence-corrected chi connectivity index (χ3v) is 4.22. The van der Waals surface area contributed by atoms with Gasteiger partial charge in [0.05, 0.1) is 0 Å². The lowest BCUT2D eigenvalue weighted by molar-refractivity contribution is 0.451. The highest BCUT2D eigenvalue weighted by Crippen LogP contribution is 2.43. The van der Waals surface area contributed by atoms with Gasteiger partial charge in [0.2, 0.25) is 0 Å². The molecule has 0 radical (unpaired) electrons. The first-order chi connectivity index (χ1) is 8.57. The molecule has 0 saturated heterocycles. The minimum atomic E-state index is 0.188. The Balaban J connectivity index is 2.18. The van der Waals surface area contributed by atoms with Crippen molar-refractivity contribution in [1.82, 2.24) is 10.3 Å². The zero-order valence-corrected chi connectivity index (χ0v) is 11.8. The molecule has 3 heteroatoms. The van der Waals surface area contributed by atoms with E-state index in [4.69, 9.17) is 5.73 Å². The van der Waals surface area contributed by atoms with E-state index in [2.05, 4.69) is 37.1 Å². The van der Waals surface area contributed by atoms with Crippen molar-refractivity contribution < 1.29 is 0 Å². The Morgan fingerprint density at radius 1 is 1.56 bits per heavy atom. The van der Waals surface area contributed by atoms with Crippen LogP contribution in [-0.4, -0.2) is 17.6 Å². The molecule has 1 aromatic heterocycles. The smallest absolute Gasteiger partial charge is 0.127 e. The molecule has 1 aromatic rings. The summed E-state index contributed by atoms with van der Waals surface area (Å²) in [7, 11) is 0. The molecule has 0 aromatic carbocycles. The van der Waals surface area contributed by atoms with Crippen LogP contribution in [0.3, 0.4) is 0 Å². The molecule has 1 heterocycles. The lowest BCUT2D eigenvalue weighted by Gasteiger charge is -2.28. The average Bonchev–Trinajstić information content (AvgIpc) is 2.69. The number of nitrogen functional groups attached to an aromatic ring is 1. The fraction of sp³-hybridized carbons (Fsp3) is 0.667. The number of pyridine rings is 1. The highest BCUT2D eigenvalue weighted by molar-refractivity contribution is 5.49. The van der Waals surface area contributed by atoms with Gasteiger partial charge in [0.25, 0.3) is 0 Å². The van der Waals surface area contributed by atoms with E-state index in [-0.39, 0.29) is 5.41 Å². The number of aryl methyl sites for hydroxylation is 1. The predicted octanol–water partition coefficient (Wildman–Crippen LogP) is 2.78. The second kappa shape index (κ2) is 5.27. The second-order valence-electron chi connectivity index (χ2n) is 5.84. The van der Waals surface area contributed by atoms with Crippen LogP contribution in [0, 0.1) is 6.92 Å². The van der Waals surface area contributed by atoms with Crippen molar-refractivity contribution in [3.05, 3.63) is 23.4 Å². The maximum absolute atomic E-state index is 6.10. The molecular weight excluding hydrogens is 222 g/mol. The van der Waals surface area contributed by atoms with Crippen LogP contribution < -0.4 is 11.1 Å². The first kappa shape index (κ1) is 13.3. The van der Waals surface area contributed by atoms with E-state index >= 15 is 0 Å². The zero-order chi connectivity index (χ0) is 13.2. The lowest BCUT2D eigenvalue weighted by Crippen LogP contribution is -2.30. The lowest BCUT2D eigenvalue weighted by atomic mass is 9.79. The molecule has 3 N–H and O–H groups in total. The number of aromatic nitrogens is 1. The number of anilines is 1. The molecule has 1 fully saturated rings. The number of nitrogens with zero attached hydrogens (tertiary/aromatic N) is 1. The number of rotatable bonds is 4. The van der Waals surface area contributed by atoms with Gasteiger partial charge >= 0.3 is 0 Å². The zero-order valence-electron chi connectivity index (χ0n) is 11.8. The van der Waals surface area contributed by atoms with Crippen molar-refractivity contribution in [1.29, 1.82) is 0 Å². The van der Waals surface area contributed by atoms with Gasteiger partial charge in [-0.3, -0.25) is 0 Å². The number of hydrogen-bond donors (Lipinski definition) is 2. The molecule has 1 aliphatic carbocycles. The van der Waals surface area contributed by atoms with Crippen LogP contribution in [0.4, 0.5) is 5.82 Å². The van der Waals surface area contributed by atoms with Gasteiger partial charge in [0.15, 0.2) is 0 Å². The van der Waals surface area contributed by atoms with Gasteiger partial charge in [-0.15, -0.1) is 0 Å². The molecule has 2 rings (SSSR count). The van der Waals surface area contributed by atoms with Crippen molar-refractivity contribution in [2.45, 2.75) is 57.9 Å². The Morgan fingerprint density at radius 2 is 2.33 bits per heavy atom. The molecule has 0 spiro atoms. The molecule has 2 atom stereocenters. The topological polar surface area (TPSA) is 50.9 Å². The van der Waals surface area contributed by atoms with Gasteiger partial charge in [-0.25, -0.2) is 4.98 Å². The van der Waals surface area contributed by atoms with E-state index in [1.807, 2.05) is 0 Å². The minimum absolute atomic E-state index is 0.188. The Kier molecular flexibility index (Phi) is 3.91. The quantitative estimate of drug-likeness (QED) is 0.860. The minimum Gasteiger partial charge on any atom is -0.383 e. The van der Waals surface area contributed by atoms with E-state index < -0.39 is 0 Å². The summed E-state index contributed by atoms with van der Waals surface area (Å²) in [5.41, 5.74) is 8.84. The molecule has 0 amide bonds. The SMILES string of the molecule is CCCNC1CCC(C)(c2c(C)ccnc2N)C1. The standard InChI is InChI=1S/C15H25N3/c1-4-8-17-12-5-7-15(3,10-12)13-11(2)6-9-18-14(13)16/h6,9,12,17H,4-5,7-8,10H2,1-3H3,(H2,16,18). The molecule has 1 aliphatic rings. The van der Waals surface area contributed by atoms with Crippen molar-refractivity contribution in [2.75, 3.05) is 12.3 Å². The maximum atomic E-state index is 6.10. The summed E-state index contributed by atoms with van der Waals surface area (Å²) in [4.78, 5) is 4.27. The molecular formula is C15H25N3. The molecule has 2 unspecified atom stereocenters. The van der Waals surface area contributed by atoms with Crippen LogP contribution in [0.2, 0.25) is 0 Å². The third kappa shape index (κ3) is 2.51. The number of nitrogens with one attached hydrogen (secondary N) is 1.